The molecule has 118 valence electrons. The summed E-state index contributed by atoms with van der Waals surface area (Å²) in [5.41, 5.74) is 3.08. The van der Waals surface area contributed by atoms with E-state index in [1.165, 1.54) is 0 Å². The van der Waals surface area contributed by atoms with Gasteiger partial charge in [-0.15, -0.1) is 11.3 Å². The Morgan fingerprint density at radius 3 is 2.75 bits per heavy atom. The molecule has 1 N–H and O–H groups in total. The van der Waals surface area contributed by atoms with Gasteiger partial charge in [-0.05, 0) is 37.3 Å². The summed E-state index contributed by atoms with van der Waals surface area (Å²) < 4.78 is 1.71. The van der Waals surface area contributed by atoms with Crippen LogP contribution in [0.1, 0.15) is 16.2 Å². The van der Waals surface area contributed by atoms with Gasteiger partial charge >= 0.3 is 0 Å². The van der Waals surface area contributed by atoms with Crippen molar-refractivity contribution in [1.82, 2.24) is 19.4 Å². The number of thiazole rings is 1. The number of hydrogen-bond acceptors (Lipinski definition) is 5. The minimum atomic E-state index is -0.265. The molecule has 4 aromatic rings. The lowest BCUT2D eigenvalue weighted by Gasteiger charge is -2.04. The number of aryl methyl sites for hydroxylation is 1. The number of hydrogen-bond donors (Lipinski definition) is 1. The van der Waals surface area contributed by atoms with E-state index in [1.54, 1.807) is 40.4 Å². The number of carbonyl (C=O) groups excluding carboxylic acids is 1. The predicted octanol–water partition coefficient (Wildman–Crippen LogP) is 3.41. The monoisotopic (exact) mass is 335 g/mol. The molecular formula is C17H13N5OS. The lowest BCUT2D eigenvalue weighted by Crippen LogP contribution is -2.12. The van der Waals surface area contributed by atoms with Crippen LogP contribution in [0.5, 0.6) is 0 Å². The van der Waals surface area contributed by atoms with E-state index in [0.717, 1.165) is 16.3 Å². The Balaban J connectivity index is 1.53. The smallest absolute Gasteiger partial charge is 0.275 e. The fourth-order valence-electron chi connectivity index (χ4n) is 2.32. The highest BCUT2D eigenvalue weighted by Gasteiger charge is 2.11. The Bertz CT molecular complexity index is 986. The van der Waals surface area contributed by atoms with Gasteiger partial charge < -0.3 is 5.32 Å². The molecular weight excluding hydrogens is 322 g/mol. The fraction of sp³-hybridized carbons (Fsp3) is 0.0588. The quantitative estimate of drug-likeness (QED) is 0.623. The summed E-state index contributed by atoms with van der Waals surface area (Å²) in [5.74, 6) is 0.232. The van der Waals surface area contributed by atoms with E-state index in [1.807, 2.05) is 36.6 Å². The molecule has 0 atom stereocenters. The largest absolute Gasteiger partial charge is 0.321 e. The Morgan fingerprint density at radius 2 is 2.04 bits per heavy atom. The molecule has 0 aliphatic carbocycles. The van der Waals surface area contributed by atoms with Crippen molar-refractivity contribution >= 4 is 28.7 Å². The zero-order valence-corrected chi connectivity index (χ0v) is 13.6. The summed E-state index contributed by atoms with van der Waals surface area (Å²) in [6, 6.07) is 9.39. The molecule has 1 amide bonds. The molecule has 0 aliphatic rings. The van der Waals surface area contributed by atoms with Gasteiger partial charge in [0.05, 0.1) is 0 Å². The molecule has 3 aromatic heterocycles. The number of nitrogens with zero attached hydrogens (tertiary/aromatic N) is 4. The van der Waals surface area contributed by atoms with E-state index in [9.17, 15) is 4.79 Å². The second kappa shape index (κ2) is 5.86. The molecule has 0 aliphatic heterocycles. The number of benzene rings is 1. The zero-order chi connectivity index (χ0) is 16.5. The Morgan fingerprint density at radius 1 is 1.21 bits per heavy atom. The number of carbonyl (C=O) groups is 1. The number of aromatic nitrogens is 4. The van der Waals surface area contributed by atoms with Crippen LogP contribution in [0, 0.1) is 6.92 Å². The van der Waals surface area contributed by atoms with Gasteiger partial charge in [0.25, 0.3) is 5.91 Å². The van der Waals surface area contributed by atoms with Crippen LogP contribution < -0.4 is 5.32 Å². The predicted molar refractivity (Wildman–Crippen MR) is 93.2 cm³/mol. The lowest BCUT2D eigenvalue weighted by atomic mass is 10.2. The maximum Gasteiger partial charge on any atom is 0.275 e. The van der Waals surface area contributed by atoms with Crippen LogP contribution in [0.4, 0.5) is 5.69 Å². The van der Waals surface area contributed by atoms with Gasteiger partial charge in [0, 0.05) is 40.9 Å². The summed E-state index contributed by atoms with van der Waals surface area (Å²) in [6.07, 6.45) is 5.10. The lowest BCUT2D eigenvalue weighted by molar-refractivity contribution is 0.102. The first-order valence-corrected chi connectivity index (χ1v) is 8.21. The molecule has 0 bridgehead atoms. The van der Waals surface area contributed by atoms with E-state index in [2.05, 4.69) is 20.3 Å². The molecule has 0 saturated heterocycles. The highest BCUT2D eigenvalue weighted by Crippen LogP contribution is 2.24. The second-order valence-electron chi connectivity index (χ2n) is 5.28. The number of anilines is 1. The van der Waals surface area contributed by atoms with Crippen molar-refractivity contribution < 1.29 is 4.79 Å². The van der Waals surface area contributed by atoms with Crippen molar-refractivity contribution in [3.05, 3.63) is 65.7 Å². The van der Waals surface area contributed by atoms with Crippen molar-refractivity contribution in [3.8, 4) is 10.6 Å². The molecule has 0 fully saturated rings. The summed E-state index contributed by atoms with van der Waals surface area (Å²) in [5, 5.41) is 5.83. The second-order valence-corrected chi connectivity index (χ2v) is 6.14. The minimum absolute atomic E-state index is 0.265. The first-order chi connectivity index (χ1) is 11.7. The van der Waals surface area contributed by atoms with Crippen LogP contribution in [0.25, 0.3) is 16.3 Å². The Kier molecular flexibility index (Phi) is 3.55. The molecule has 6 nitrogen and oxygen atoms in total. The van der Waals surface area contributed by atoms with Crippen molar-refractivity contribution in [2.75, 3.05) is 5.32 Å². The highest BCUT2D eigenvalue weighted by molar-refractivity contribution is 7.13. The first-order valence-electron chi connectivity index (χ1n) is 7.33. The average molecular weight is 335 g/mol. The summed E-state index contributed by atoms with van der Waals surface area (Å²) in [6.45, 7) is 1.97. The van der Waals surface area contributed by atoms with Crippen LogP contribution in [-0.4, -0.2) is 25.3 Å². The van der Waals surface area contributed by atoms with Crippen LogP contribution in [-0.2, 0) is 0 Å². The first kappa shape index (κ1) is 14.5. The Hall–Kier alpha value is -3.06. The van der Waals surface area contributed by atoms with Crippen LogP contribution >= 0.6 is 11.3 Å². The van der Waals surface area contributed by atoms with Gasteiger partial charge in [-0.2, -0.15) is 0 Å². The average Bonchev–Trinajstić information content (AvgIpc) is 3.21. The van der Waals surface area contributed by atoms with Gasteiger partial charge in [-0.25, -0.2) is 15.0 Å². The van der Waals surface area contributed by atoms with Crippen LogP contribution in [0.2, 0.25) is 0 Å². The van der Waals surface area contributed by atoms with E-state index < -0.39 is 0 Å². The van der Waals surface area contributed by atoms with Crippen LogP contribution in [0.3, 0.4) is 0 Å². The third-order valence-electron chi connectivity index (χ3n) is 3.48. The number of imidazole rings is 1. The summed E-state index contributed by atoms with van der Waals surface area (Å²) >= 11 is 1.60. The van der Waals surface area contributed by atoms with Gasteiger partial charge in [0.15, 0.2) is 0 Å². The van der Waals surface area contributed by atoms with Crippen molar-refractivity contribution in [2.24, 2.45) is 0 Å². The summed E-state index contributed by atoms with van der Waals surface area (Å²) in [7, 11) is 0. The fourth-order valence-corrected chi connectivity index (χ4v) is 3.12. The van der Waals surface area contributed by atoms with Gasteiger partial charge in [0.1, 0.15) is 10.7 Å². The maximum atomic E-state index is 12.3. The van der Waals surface area contributed by atoms with E-state index in [0.29, 0.717) is 17.2 Å². The molecule has 7 heteroatoms. The van der Waals surface area contributed by atoms with Crippen molar-refractivity contribution in [3.63, 3.8) is 0 Å². The van der Waals surface area contributed by atoms with E-state index in [-0.39, 0.29) is 5.91 Å². The van der Waals surface area contributed by atoms with E-state index >= 15 is 0 Å². The molecule has 24 heavy (non-hydrogen) atoms. The molecule has 0 radical (unpaired) electrons. The molecule has 0 saturated carbocycles. The highest BCUT2D eigenvalue weighted by atomic mass is 32.1. The van der Waals surface area contributed by atoms with Crippen LogP contribution in [0.15, 0.2) is 54.3 Å². The van der Waals surface area contributed by atoms with Crippen molar-refractivity contribution in [1.29, 1.82) is 0 Å². The SMILES string of the molecule is Cc1csc(-c2ccc(NC(=O)c3cn4cccnc4n3)cc2)n1. The van der Waals surface area contributed by atoms with Gasteiger partial charge in [-0.3, -0.25) is 9.20 Å². The molecule has 1 aromatic carbocycles. The van der Waals surface area contributed by atoms with Gasteiger partial charge in [-0.1, -0.05) is 0 Å². The number of rotatable bonds is 3. The third kappa shape index (κ3) is 2.77. The van der Waals surface area contributed by atoms with Gasteiger partial charge in [0.2, 0.25) is 5.78 Å². The number of amides is 1. The Labute approximate surface area is 141 Å². The normalized spacial score (nSPS) is 10.9. The minimum Gasteiger partial charge on any atom is -0.321 e. The third-order valence-corrected chi connectivity index (χ3v) is 4.49. The van der Waals surface area contributed by atoms with Crippen molar-refractivity contribution in [2.45, 2.75) is 6.92 Å². The number of nitrogens with one attached hydrogen (secondary N) is 1. The summed E-state index contributed by atoms with van der Waals surface area (Å²) in [4.78, 5) is 25.1. The standard InChI is InChI=1S/C17H13N5OS/c1-11-10-24-16(19-11)12-3-5-13(6-4-12)20-15(23)14-9-22-8-2-7-18-17(22)21-14/h2-10H,1H3,(H,20,23). The van der Waals surface area contributed by atoms with E-state index in [4.69, 9.17) is 0 Å². The molecule has 0 spiro atoms. The topological polar surface area (TPSA) is 72.2 Å². The molecule has 3 heterocycles. The molecule has 4 rings (SSSR count). The maximum absolute atomic E-state index is 12.3. The zero-order valence-electron chi connectivity index (χ0n) is 12.8. The number of fused-ring (bicyclic) bond motifs is 1. The molecule has 0 unspecified atom stereocenters.